The standard InChI is InChI=1S/C36H41N3O8/c1-24(10-8-14-32(41)39-22-26-12-5-4-11-25(26)20-28(39)23-40)36(45)29-21-27(37-19-9-13-31(46-2)34(37)43)16-17-30(29)38(35(36)44)18-7-6-15-33(42)47-3/h4-5,8-13,16-17,19,21,24,28,40,45H,6-7,14-15,18,20,22-23H2,1-3H3/b10-8+/t24-,28+,36+/m1/s1. The SMILES string of the molecule is COC(=O)CCCCN1C(=O)[C@](O)([C@H](C)/C=C/CC(=O)N2Cc3ccccc3C[C@H]2CO)c2cc(-n3cccc(OC)c3=O)ccc21. The van der Waals surface area contributed by atoms with E-state index in [0.29, 0.717) is 42.7 Å². The van der Waals surface area contributed by atoms with Gasteiger partial charge in [-0.1, -0.05) is 43.3 Å². The molecule has 2 aliphatic rings. The first-order valence-corrected chi connectivity index (χ1v) is 15.8. The number of fused-ring (bicyclic) bond motifs is 2. The molecule has 11 nitrogen and oxygen atoms in total. The molecule has 0 saturated carbocycles. The Morgan fingerprint density at radius 2 is 1.83 bits per heavy atom. The lowest BCUT2D eigenvalue weighted by atomic mass is 9.82. The minimum absolute atomic E-state index is 0.0244. The molecule has 0 radical (unpaired) electrons. The average Bonchev–Trinajstić information content (AvgIpc) is 3.31. The van der Waals surface area contributed by atoms with Crippen LogP contribution in [0.4, 0.5) is 5.69 Å². The Morgan fingerprint density at radius 3 is 2.55 bits per heavy atom. The summed E-state index contributed by atoms with van der Waals surface area (Å²) in [4.78, 5) is 55.2. The zero-order chi connectivity index (χ0) is 33.7. The van der Waals surface area contributed by atoms with Gasteiger partial charge in [-0.3, -0.25) is 23.7 Å². The number of carbonyl (C=O) groups excluding carboxylic acids is 3. The Bertz CT molecular complexity index is 1730. The summed E-state index contributed by atoms with van der Waals surface area (Å²) in [6.07, 6.45) is 6.69. The van der Waals surface area contributed by atoms with E-state index >= 15 is 0 Å². The van der Waals surface area contributed by atoms with E-state index in [1.807, 2.05) is 24.3 Å². The van der Waals surface area contributed by atoms with Crippen molar-refractivity contribution in [3.8, 4) is 11.4 Å². The van der Waals surface area contributed by atoms with Gasteiger partial charge in [0.2, 0.25) is 5.91 Å². The van der Waals surface area contributed by atoms with E-state index in [1.165, 1.54) is 23.7 Å². The van der Waals surface area contributed by atoms with Gasteiger partial charge in [0.05, 0.1) is 32.6 Å². The maximum absolute atomic E-state index is 14.0. The van der Waals surface area contributed by atoms with Gasteiger partial charge < -0.3 is 29.5 Å². The first-order valence-electron chi connectivity index (χ1n) is 15.8. The number of aliphatic hydroxyl groups is 2. The Hall–Kier alpha value is -4.74. The van der Waals surface area contributed by atoms with Crippen LogP contribution in [0.25, 0.3) is 5.69 Å². The van der Waals surface area contributed by atoms with Crippen molar-refractivity contribution in [3.05, 3.63) is 100.0 Å². The Labute approximate surface area is 273 Å². The van der Waals surface area contributed by atoms with E-state index in [4.69, 9.17) is 9.47 Å². The van der Waals surface area contributed by atoms with Gasteiger partial charge in [0.25, 0.3) is 11.5 Å². The Balaban J connectivity index is 1.41. The molecule has 2 aliphatic heterocycles. The van der Waals surface area contributed by atoms with E-state index in [1.54, 1.807) is 60.5 Å². The van der Waals surface area contributed by atoms with Crippen molar-refractivity contribution in [3.63, 3.8) is 0 Å². The number of carbonyl (C=O) groups is 3. The highest BCUT2D eigenvalue weighted by molar-refractivity contribution is 6.07. The molecular weight excluding hydrogens is 602 g/mol. The first-order chi connectivity index (χ1) is 22.6. The quantitative estimate of drug-likeness (QED) is 0.174. The molecule has 248 valence electrons. The zero-order valence-corrected chi connectivity index (χ0v) is 26.9. The predicted octanol–water partition coefficient (Wildman–Crippen LogP) is 3.25. The van der Waals surface area contributed by atoms with Crippen LogP contribution in [-0.2, 0) is 37.7 Å². The van der Waals surface area contributed by atoms with Crippen molar-refractivity contribution in [2.24, 2.45) is 5.92 Å². The second-order valence-corrected chi connectivity index (χ2v) is 12.0. The summed E-state index contributed by atoms with van der Waals surface area (Å²) in [5, 5.41) is 22.2. The number of aliphatic hydroxyl groups excluding tert-OH is 1. The Morgan fingerprint density at radius 1 is 1.06 bits per heavy atom. The summed E-state index contributed by atoms with van der Waals surface area (Å²) < 4.78 is 11.3. The number of anilines is 1. The molecule has 47 heavy (non-hydrogen) atoms. The van der Waals surface area contributed by atoms with Gasteiger partial charge in [0.1, 0.15) is 0 Å². The third-order valence-corrected chi connectivity index (χ3v) is 9.17. The van der Waals surface area contributed by atoms with Gasteiger partial charge in [0.15, 0.2) is 11.4 Å². The molecule has 0 spiro atoms. The van der Waals surface area contributed by atoms with Crippen LogP contribution in [0.5, 0.6) is 5.75 Å². The lowest BCUT2D eigenvalue weighted by Gasteiger charge is -2.36. The van der Waals surface area contributed by atoms with Crippen LogP contribution in [0.1, 0.15) is 49.3 Å². The van der Waals surface area contributed by atoms with Crippen LogP contribution < -0.4 is 15.2 Å². The summed E-state index contributed by atoms with van der Waals surface area (Å²) in [7, 11) is 2.74. The molecule has 2 aromatic carbocycles. The van der Waals surface area contributed by atoms with Gasteiger partial charge in [-0.05, 0) is 60.7 Å². The monoisotopic (exact) mass is 643 g/mol. The number of hydrogen-bond donors (Lipinski definition) is 2. The number of esters is 1. The maximum Gasteiger partial charge on any atom is 0.305 e. The molecule has 0 bridgehead atoms. The molecule has 3 atom stereocenters. The van der Waals surface area contributed by atoms with Crippen molar-refractivity contribution >= 4 is 23.5 Å². The van der Waals surface area contributed by atoms with Crippen LogP contribution >= 0.6 is 0 Å². The van der Waals surface area contributed by atoms with Crippen LogP contribution in [0.2, 0.25) is 0 Å². The van der Waals surface area contributed by atoms with Crippen molar-refractivity contribution < 1.29 is 34.1 Å². The molecular formula is C36H41N3O8. The van der Waals surface area contributed by atoms with Crippen molar-refractivity contribution in [2.75, 3.05) is 32.3 Å². The first kappa shape index (κ1) is 33.6. The summed E-state index contributed by atoms with van der Waals surface area (Å²) in [5.74, 6) is -1.64. The number of rotatable bonds is 12. The molecule has 3 heterocycles. The van der Waals surface area contributed by atoms with Crippen molar-refractivity contribution in [2.45, 2.75) is 57.2 Å². The summed E-state index contributed by atoms with van der Waals surface area (Å²) in [5.41, 5.74) is 1.05. The molecule has 0 fully saturated rings. The summed E-state index contributed by atoms with van der Waals surface area (Å²) in [6, 6.07) is 15.8. The molecule has 0 aliphatic carbocycles. The maximum atomic E-state index is 14.0. The molecule has 0 unspecified atom stereocenters. The molecule has 2 N–H and O–H groups in total. The molecule has 11 heteroatoms. The predicted molar refractivity (Wildman–Crippen MR) is 175 cm³/mol. The fourth-order valence-electron chi connectivity index (χ4n) is 6.45. The molecule has 3 aromatic rings. The van der Waals surface area contributed by atoms with Gasteiger partial charge >= 0.3 is 5.97 Å². The van der Waals surface area contributed by atoms with E-state index in [2.05, 4.69) is 0 Å². The highest BCUT2D eigenvalue weighted by Crippen LogP contribution is 2.46. The third-order valence-electron chi connectivity index (χ3n) is 9.17. The van der Waals surface area contributed by atoms with Crippen molar-refractivity contribution in [1.82, 2.24) is 9.47 Å². The number of ether oxygens (including phenoxy) is 2. The summed E-state index contributed by atoms with van der Waals surface area (Å²) >= 11 is 0. The number of amides is 2. The largest absolute Gasteiger partial charge is 0.491 e. The number of unbranched alkanes of at least 4 members (excludes halogenated alkanes) is 1. The number of benzene rings is 2. The van der Waals surface area contributed by atoms with E-state index in [0.717, 1.165) is 11.1 Å². The molecule has 5 rings (SSSR count). The lowest BCUT2D eigenvalue weighted by molar-refractivity contribution is -0.140. The third kappa shape index (κ3) is 6.59. The number of nitrogens with zero attached hydrogens (tertiary/aromatic N) is 3. The fourth-order valence-corrected chi connectivity index (χ4v) is 6.45. The average molecular weight is 644 g/mol. The fraction of sp³-hybridized carbons (Fsp3) is 0.389. The second kappa shape index (κ2) is 14.4. The van der Waals surface area contributed by atoms with Gasteiger partial charge in [-0.2, -0.15) is 0 Å². The van der Waals surface area contributed by atoms with Gasteiger partial charge in [0, 0.05) is 49.3 Å². The second-order valence-electron chi connectivity index (χ2n) is 12.0. The smallest absolute Gasteiger partial charge is 0.305 e. The van der Waals surface area contributed by atoms with E-state index in [-0.39, 0.29) is 49.7 Å². The van der Waals surface area contributed by atoms with E-state index < -0.39 is 23.0 Å². The molecule has 0 saturated heterocycles. The normalized spacial score (nSPS) is 19.4. The van der Waals surface area contributed by atoms with Gasteiger partial charge in [-0.15, -0.1) is 0 Å². The number of aromatic nitrogens is 1. The van der Waals surface area contributed by atoms with Crippen LogP contribution in [0.15, 0.2) is 77.7 Å². The van der Waals surface area contributed by atoms with Crippen molar-refractivity contribution in [1.29, 1.82) is 0 Å². The molecule has 1 aromatic heterocycles. The summed E-state index contributed by atoms with van der Waals surface area (Å²) in [6.45, 7) is 2.22. The minimum Gasteiger partial charge on any atom is -0.491 e. The number of methoxy groups -OCH3 is 2. The lowest BCUT2D eigenvalue weighted by Crippen LogP contribution is -2.46. The van der Waals surface area contributed by atoms with Crippen LogP contribution in [-0.4, -0.2) is 70.9 Å². The highest BCUT2D eigenvalue weighted by atomic mass is 16.5. The van der Waals surface area contributed by atoms with Gasteiger partial charge in [-0.25, -0.2) is 0 Å². The zero-order valence-electron chi connectivity index (χ0n) is 26.9. The minimum atomic E-state index is -1.99. The molecule has 2 amide bonds. The van der Waals surface area contributed by atoms with Crippen LogP contribution in [0, 0.1) is 5.92 Å². The topological polar surface area (TPSA) is 139 Å². The number of hydrogen-bond acceptors (Lipinski definition) is 8. The number of pyridine rings is 1. The Kier molecular flexibility index (Phi) is 10.3. The highest BCUT2D eigenvalue weighted by Gasteiger charge is 2.52. The van der Waals surface area contributed by atoms with E-state index in [9.17, 15) is 29.4 Å². The van der Waals surface area contributed by atoms with Crippen LogP contribution in [0.3, 0.4) is 0 Å².